The monoisotopic (exact) mass is 318 g/mol. The van der Waals surface area contributed by atoms with E-state index >= 15 is 0 Å². The van der Waals surface area contributed by atoms with Crippen molar-refractivity contribution in [2.45, 2.75) is 19.8 Å². The van der Waals surface area contributed by atoms with Crippen LogP contribution < -0.4 is 5.56 Å². The summed E-state index contributed by atoms with van der Waals surface area (Å²) < 4.78 is 1.04. The van der Waals surface area contributed by atoms with Gasteiger partial charge in [-0.3, -0.25) is 4.79 Å². The molecule has 0 saturated heterocycles. The molecular weight excluding hydrogens is 304 g/mol. The standard InChI is InChI=1S/C15H15BrN2O/c1-10(2)15-17-13(9-14(19)18-15)8-5-11-3-6-12(16)7-4-11/h3-10H,1-2H3,(H,17,18,19)/b8-5+. The van der Waals surface area contributed by atoms with Crippen molar-refractivity contribution in [1.82, 2.24) is 9.97 Å². The Balaban J connectivity index is 2.28. The van der Waals surface area contributed by atoms with Gasteiger partial charge in [0.25, 0.3) is 5.56 Å². The van der Waals surface area contributed by atoms with E-state index in [1.54, 1.807) is 0 Å². The fourth-order valence-corrected chi connectivity index (χ4v) is 1.87. The molecule has 0 aliphatic rings. The largest absolute Gasteiger partial charge is 0.310 e. The molecule has 19 heavy (non-hydrogen) atoms. The van der Waals surface area contributed by atoms with Crippen molar-refractivity contribution in [3.05, 3.63) is 62.2 Å². The van der Waals surface area contributed by atoms with Gasteiger partial charge in [-0.25, -0.2) is 4.98 Å². The summed E-state index contributed by atoms with van der Waals surface area (Å²) in [6, 6.07) is 9.45. The molecule has 0 bridgehead atoms. The maximum Gasteiger partial charge on any atom is 0.251 e. The molecule has 2 aromatic rings. The summed E-state index contributed by atoms with van der Waals surface area (Å²) in [5.41, 5.74) is 1.63. The summed E-state index contributed by atoms with van der Waals surface area (Å²) in [6.07, 6.45) is 3.79. The highest BCUT2D eigenvalue weighted by molar-refractivity contribution is 9.10. The second kappa shape index (κ2) is 5.97. The molecule has 0 amide bonds. The molecule has 0 saturated carbocycles. The molecule has 0 aliphatic carbocycles. The highest BCUT2D eigenvalue weighted by atomic mass is 79.9. The van der Waals surface area contributed by atoms with Crippen molar-refractivity contribution < 1.29 is 0 Å². The first-order valence-corrected chi connectivity index (χ1v) is 6.89. The predicted octanol–water partition coefficient (Wildman–Crippen LogP) is 3.83. The number of hydrogen-bond acceptors (Lipinski definition) is 2. The van der Waals surface area contributed by atoms with Crippen LogP contribution in [-0.4, -0.2) is 9.97 Å². The van der Waals surface area contributed by atoms with Crippen LogP contribution in [-0.2, 0) is 0 Å². The molecule has 1 aromatic carbocycles. The van der Waals surface area contributed by atoms with Gasteiger partial charge in [0.2, 0.25) is 0 Å². The summed E-state index contributed by atoms with van der Waals surface area (Å²) in [6.45, 7) is 4.00. The van der Waals surface area contributed by atoms with Gasteiger partial charge in [-0.1, -0.05) is 48.0 Å². The Bertz CT molecular complexity index is 642. The van der Waals surface area contributed by atoms with Gasteiger partial charge in [0.1, 0.15) is 5.82 Å². The number of rotatable bonds is 3. The van der Waals surface area contributed by atoms with E-state index in [0.717, 1.165) is 10.0 Å². The van der Waals surface area contributed by atoms with Crippen molar-refractivity contribution in [3.63, 3.8) is 0 Å². The first-order valence-electron chi connectivity index (χ1n) is 6.09. The molecule has 0 unspecified atom stereocenters. The van der Waals surface area contributed by atoms with Crippen LogP contribution in [0.15, 0.2) is 39.6 Å². The van der Waals surface area contributed by atoms with E-state index in [1.807, 2.05) is 50.3 Å². The second-order valence-electron chi connectivity index (χ2n) is 4.60. The minimum Gasteiger partial charge on any atom is -0.310 e. The Labute approximate surface area is 120 Å². The van der Waals surface area contributed by atoms with E-state index in [-0.39, 0.29) is 11.5 Å². The van der Waals surface area contributed by atoms with E-state index < -0.39 is 0 Å². The summed E-state index contributed by atoms with van der Waals surface area (Å²) in [7, 11) is 0. The van der Waals surface area contributed by atoms with Gasteiger partial charge >= 0.3 is 0 Å². The summed E-state index contributed by atoms with van der Waals surface area (Å²) in [5, 5.41) is 0. The Morgan fingerprint density at radius 3 is 2.53 bits per heavy atom. The van der Waals surface area contributed by atoms with Crippen molar-refractivity contribution in [1.29, 1.82) is 0 Å². The fourth-order valence-electron chi connectivity index (χ4n) is 1.61. The van der Waals surface area contributed by atoms with E-state index in [1.165, 1.54) is 6.07 Å². The predicted molar refractivity (Wildman–Crippen MR) is 82.0 cm³/mol. The number of benzene rings is 1. The summed E-state index contributed by atoms with van der Waals surface area (Å²) in [5.74, 6) is 0.914. The number of nitrogens with one attached hydrogen (secondary N) is 1. The van der Waals surface area contributed by atoms with Gasteiger partial charge in [-0.05, 0) is 23.8 Å². The van der Waals surface area contributed by atoms with Gasteiger partial charge in [-0.2, -0.15) is 0 Å². The lowest BCUT2D eigenvalue weighted by Crippen LogP contribution is -2.12. The average Bonchev–Trinajstić information content (AvgIpc) is 2.37. The van der Waals surface area contributed by atoms with E-state index in [9.17, 15) is 4.79 Å². The van der Waals surface area contributed by atoms with E-state index in [4.69, 9.17) is 0 Å². The Morgan fingerprint density at radius 1 is 1.21 bits per heavy atom. The highest BCUT2D eigenvalue weighted by Gasteiger charge is 2.03. The molecule has 0 fully saturated rings. The van der Waals surface area contributed by atoms with E-state index in [0.29, 0.717) is 11.5 Å². The first kappa shape index (κ1) is 13.7. The lowest BCUT2D eigenvalue weighted by Gasteiger charge is -2.04. The van der Waals surface area contributed by atoms with Crippen LogP contribution in [0.2, 0.25) is 0 Å². The maximum atomic E-state index is 11.5. The summed E-state index contributed by atoms with van der Waals surface area (Å²) >= 11 is 3.39. The van der Waals surface area contributed by atoms with Crippen LogP contribution in [0.4, 0.5) is 0 Å². The SMILES string of the molecule is CC(C)c1nc(/C=C/c2ccc(Br)cc2)cc(=O)[nH]1. The lowest BCUT2D eigenvalue weighted by atomic mass is 10.2. The molecular formula is C15H15BrN2O. The molecule has 0 spiro atoms. The zero-order valence-corrected chi connectivity index (χ0v) is 12.4. The Hall–Kier alpha value is -1.68. The number of nitrogens with zero attached hydrogens (tertiary/aromatic N) is 1. The molecule has 98 valence electrons. The van der Waals surface area contributed by atoms with Crippen LogP contribution in [0.3, 0.4) is 0 Å². The fraction of sp³-hybridized carbons (Fsp3) is 0.200. The molecule has 3 nitrogen and oxygen atoms in total. The quantitative estimate of drug-likeness (QED) is 0.934. The van der Waals surface area contributed by atoms with Gasteiger partial charge in [-0.15, -0.1) is 0 Å². The second-order valence-corrected chi connectivity index (χ2v) is 5.51. The van der Waals surface area contributed by atoms with Crippen LogP contribution in [0.5, 0.6) is 0 Å². The minimum absolute atomic E-state index is 0.117. The molecule has 4 heteroatoms. The molecule has 1 N–H and O–H groups in total. The molecule has 0 radical (unpaired) electrons. The first-order chi connectivity index (χ1) is 9.04. The van der Waals surface area contributed by atoms with E-state index in [2.05, 4.69) is 25.9 Å². The minimum atomic E-state index is -0.117. The molecule has 1 aromatic heterocycles. The van der Waals surface area contributed by atoms with Gasteiger partial charge in [0, 0.05) is 16.5 Å². The van der Waals surface area contributed by atoms with Crippen LogP contribution in [0, 0.1) is 0 Å². The Kier molecular flexibility index (Phi) is 4.32. The molecule has 0 atom stereocenters. The van der Waals surface area contributed by atoms with Crippen molar-refractivity contribution in [2.75, 3.05) is 0 Å². The topological polar surface area (TPSA) is 45.8 Å². The lowest BCUT2D eigenvalue weighted by molar-refractivity contribution is 0.764. The Morgan fingerprint density at radius 2 is 1.89 bits per heavy atom. The normalized spacial score (nSPS) is 11.4. The number of halogens is 1. The third-order valence-electron chi connectivity index (χ3n) is 2.64. The molecule has 2 rings (SSSR count). The zero-order chi connectivity index (χ0) is 13.8. The number of H-pyrrole nitrogens is 1. The third kappa shape index (κ3) is 3.89. The van der Waals surface area contributed by atoms with Crippen LogP contribution in [0.25, 0.3) is 12.2 Å². The molecule has 0 aliphatic heterocycles. The summed E-state index contributed by atoms with van der Waals surface area (Å²) in [4.78, 5) is 18.7. The smallest absolute Gasteiger partial charge is 0.251 e. The zero-order valence-electron chi connectivity index (χ0n) is 10.9. The third-order valence-corrected chi connectivity index (χ3v) is 3.17. The van der Waals surface area contributed by atoms with Crippen molar-refractivity contribution in [3.8, 4) is 0 Å². The van der Waals surface area contributed by atoms with Crippen LogP contribution in [0.1, 0.15) is 36.8 Å². The van der Waals surface area contributed by atoms with Gasteiger partial charge in [0.15, 0.2) is 0 Å². The number of aromatic nitrogens is 2. The van der Waals surface area contributed by atoms with Gasteiger partial charge < -0.3 is 4.98 Å². The highest BCUT2D eigenvalue weighted by Crippen LogP contribution is 2.13. The molecule has 1 heterocycles. The van der Waals surface area contributed by atoms with Gasteiger partial charge in [0.05, 0.1) is 5.69 Å². The average molecular weight is 319 g/mol. The number of aromatic amines is 1. The van der Waals surface area contributed by atoms with Crippen molar-refractivity contribution >= 4 is 28.1 Å². The number of hydrogen-bond donors (Lipinski definition) is 1. The van der Waals surface area contributed by atoms with Crippen molar-refractivity contribution in [2.24, 2.45) is 0 Å². The maximum absolute atomic E-state index is 11.5. The van der Waals surface area contributed by atoms with Crippen LogP contribution >= 0.6 is 15.9 Å².